The Hall–Kier alpha value is -1.35. The minimum absolute atomic E-state index is 0.621. The highest BCUT2D eigenvalue weighted by atomic mass is 16.6. The van der Waals surface area contributed by atoms with Crippen LogP contribution in [0.1, 0.15) is 6.42 Å². The Morgan fingerprint density at radius 1 is 1.57 bits per heavy atom. The number of hydrogen-bond donors (Lipinski definition) is 1. The Labute approximate surface area is 83.8 Å². The van der Waals surface area contributed by atoms with Crippen LogP contribution >= 0.6 is 0 Å². The van der Waals surface area contributed by atoms with E-state index in [1.807, 2.05) is 7.05 Å². The van der Waals surface area contributed by atoms with Crippen LogP contribution in [0.2, 0.25) is 0 Å². The van der Waals surface area contributed by atoms with Gasteiger partial charge in [0.05, 0.1) is 5.71 Å². The van der Waals surface area contributed by atoms with Crippen molar-refractivity contribution in [3.8, 4) is 0 Å². The molecule has 1 N–H and O–H groups in total. The van der Waals surface area contributed by atoms with E-state index in [0.29, 0.717) is 6.61 Å². The fraction of sp³-hybridized carbons (Fsp3) is 0.364. The lowest BCUT2D eigenvalue weighted by molar-refractivity contribution is 0.147. The van der Waals surface area contributed by atoms with Gasteiger partial charge in [-0.25, -0.2) is 0 Å². The van der Waals surface area contributed by atoms with Crippen LogP contribution in [0.4, 0.5) is 0 Å². The average Bonchev–Trinajstić information content (AvgIpc) is 2.93. The van der Waals surface area contributed by atoms with Gasteiger partial charge in [-0.3, -0.25) is 0 Å². The van der Waals surface area contributed by atoms with Crippen LogP contribution in [0.5, 0.6) is 0 Å². The molecule has 0 aliphatic heterocycles. The zero-order valence-electron chi connectivity index (χ0n) is 8.29. The maximum absolute atomic E-state index is 5.19. The highest BCUT2D eigenvalue weighted by Crippen LogP contribution is 2.32. The molecule has 0 aromatic heterocycles. The van der Waals surface area contributed by atoms with E-state index >= 15 is 0 Å². The van der Waals surface area contributed by atoms with Gasteiger partial charge in [0.1, 0.15) is 6.61 Å². The first-order valence-electron chi connectivity index (χ1n) is 4.84. The molecule has 2 aliphatic carbocycles. The number of allylic oxidation sites excluding steroid dienone is 6. The van der Waals surface area contributed by atoms with Crippen LogP contribution in [0.25, 0.3) is 0 Å². The van der Waals surface area contributed by atoms with Gasteiger partial charge in [0.2, 0.25) is 0 Å². The van der Waals surface area contributed by atoms with Gasteiger partial charge in [0.25, 0.3) is 0 Å². The number of nitrogens with zero attached hydrogens (tertiary/aromatic N) is 1. The summed E-state index contributed by atoms with van der Waals surface area (Å²) in [4.78, 5) is 5.19. The number of oxime groups is 1. The van der Waals surface area contributed by atoms with Crippen LogP contribution in [0.3, 0.4) is 0 Å². The van der Waals surface area contributed by atoms with E-state index in [2.05, 4.69) is 34.8 Å². The minimum Gasteiger partial charge on any atom is -0.394 e. The van der Waals surface area contributed by atoms with Gasteiger partial charge in [-0.1, -0.05) is 23.4 Å². The first-order chi connectivity index (χ1) is 6.92. The predicted octanol–water partition coefficient (Wildman–Crippen LogP) is 1.40. The molecule has 2 rings (SSSR count). The van der Waals surface area contributed by atoms with Crippen molar-refractivity contribution in [2.45, 2.75) is 6.42 Å². The second-order valence-electron chi connectivity index (χ2n) is 3.29. The maximum Gasteiger partial charge on any atom is 0.129 e. The quantitative estimate of drug-likeness (QED) is 0.537. The molecule has 14 heavy (non-hydrogen) atoms. The standard InChI is InChI=1S/C11H14N2O/c1-12-6-7-14-13-11-5-3-2-4-9-8-10(9)11/h2-4,8,12H,5-7H2,1H3. The summed E-state index contributed by atoms with van der Waals surface area (Å²) in [5.74, 6) is 0. The summed E-state index contributed by atoms with van der Waals surface area (Å²) in [7, 11) is 1.90. The van der Waals surface area contributed by atoms with E-state index in [1.54, 1.807) is 0 Å². The second-order valence-corrected chi connectivity index (χ2v) is 3.29. The third-order valence-corrected chi connectivity index (χ3v) is 2.18. The fourth-order valence-corrected chi connectivity index (χ4v) is 1.33. The SMILES string of the molecule is CNCCON=C1CC=CC=C2C=C21. The molecule has 0 aromatic rings. The van der Waals surface area contributed by atoms with Crippen molar-refractivity contribution in [1.82, 2.24) is 5.32 Å². The number of likely N-dealkylation sites (N-methyl/N-ethyl adjacent to an activating group) is 1. The number of fused-ring (bicyclic) bond motifs is 1. The maximum atomic E-state index is 5.19. The molecular formula is C11H14N2O. The molecule has 0 spiro atoms. The van der Waals surface area contributed by atoms with E-state index in [4.69, 9.17) is 4.84 Å². The first kappa shape index (κ1) is 9.21. The summed E-state index contributed by atoms with van der Waals surface area (Å²) in [6, 6.07) is 0. The van der Waals surface area contributed by atoms with Gasteiger partial charge in [0, 0.05) is 18.5 Å². The number of nitrogens with one attached hydrogen (secondary N) is 1. The van der Waals surface area contributed by atoms with Gasteiger partial charge in [-0.15, -0.1) is 0 Å². The van der Waals surface area contributed by atoms with Crippen LogP contribution in [-0.2, 0) is 4.84 Å². The van der Waals surface area contributed by atoms with Crippen molar-refractivity contribution in [2.24, 2.45) is 5.16 Å². The topological polar surface area (TPSA) is 33.6 Å². The van der Waals surface area contributed by atoms with Gasteiger partial charge in [0.15, 0.2) is 0 Å². The zero-order valence-corrected chi connectivity index (χ0v) is 8.29. The smallest absolute Gasteiger partial charge is 0.129 e. The van der Waals surface area contributed by atoms with Gasteiger partial charge < -0.3 is 10.2 Å². The van der Waals surface area contributed by atoms with Gasteiger partial charge in [-0.2, -0.15) is 0 Å². The summed E-state index contributed by atoms with van der Waals surface area (Å²) in [5.41, 5.74) is 3.58. The summed E-state index contributed by atoms with van der Waals surface area (Å²) in [5, 5.41) is 7.12. The fourth-order valence-electron chi connectivity index (χ4n) is 1.33. The highest BCUT2D eigenvalue weighted by molar-refractivity contribution is 6.11. The van der Waals surface area contributed by atoms with Crippen LogP contribution in [0, 0.1) is 0 Å². The normalized spacial score (nSPS) is 21.1. The highest BCUT2D eigenvalue weighted by Gasteiger charge is 2.22. The van der Waals surface area contributed by atoms with Crippen molar-refractivity contribution in [1.29, 1.82) is 0 Å². The first-order valence-corrected chi connectivity index (χ1v) is 4.84. The minimum atomic E-state index is 0.621. The molecule has 0 amide bonds. The Kier molecular flexibility index (Phi) is 2.79. The van der Waals surface area contributed by atoms with Crippen molar-refractivity contribution in [3.63, 3.8) is 0 Å². The molecule has 0 radical (unpaired) electrons. The van der Waals surface area contributed by atoms with Crippen LogP contribution < -0.4 is 5.32 Å². The van der Waals surface area contributed by atoms with Crippen molar-refractivity contribution < 1.29 is 4.84 Å². The summed E-state index contributed by atoms with van der Waals surface area (Å²) in [6.07, 6.45) is 9.26. The molecule has 0 heterocycles. The predicted molar refractivity (Wildman–Crippen MR) is 57.2 cm³/mol. The molecule has 0 saturated carbocycles. The van der Waals surface area contributed by atoms with Gasteiger partial charge >= 0.3 is 0 Å². The molecular weight excluding hydrogens is 176 g/mol. The largest absolute Gasteiger partial charge is 0.394 e. The summed E-state index contributed by atoms with van der Waals surface area (Å²) in [6.45, 7) is 1.45. The average molecular weight is 190 g/mol. The van der Waals surface area contributed by atoms with Crippen molar-refractivity contribution >= 4 is 5.71 Å². The third kappa shape index (κ3) is 2.12. The Morgan fingerprint density at radius 3 is 3.36 bits per heavy atom. The lowest BCUT2D eigenvalue weighted by Crippen LogP contribution is -2.13. The van der Waals surface area contributed by atoms with Crippen molar-refractivity contribution in [2.75, 3.05) is 20.2 Å². The molecule has 3 heteroatoms. The van der Waals surface area contributed by atoms with Crippen LogP contribution in [0.15, 0.2) is 40.6 Å². The Bertz CT molecular complexity index is 337. The Morgan fingerprint density at radius 2 is 2.50 bits per heavy atom. The second kappa shape index (κ2) is 4.24. The lowest BCUT2D eigenvalue weighted by atomic mass is 10.2. The molecule has 0 fully saturated rings. The lowest BCUT2D eigenvalue weighted by Gasteiger charge is -2.00. The third-order valence-electron chi connectivity index (χ3n) is 2.18. The molecule has 0 unspecified atom stereocenters. The van der Waals surface area contributed by atoms with Crippen molar-refractivity contribution in [3.05, 3.63) is 35.5 Å². The van der Waals surface area contributed by atoms with E-state index in [-0.39, 0.29) is 0 Å². The Balaban J connectivity index is 1.88. The molecule has 74 valence electrons. The monoisotopic (exact) mass is 190 g/mol. The van der Waals surface area contributed by atoms with E-state index in [9.17, 15) is 0 Å². The molecule has 0 atom stereocenters. The van der Waals surface area contributed by atoms with Gasteiger partial charge in [-0.05, 0) is 18.7 Å². The summed E-state index contributed by atoms with van der Waals surface area (Å²) < 4.78 is 0. The molecule has 3 nitrogen and oxygen atoms in total. The number of rotatable bonds is 4. The molecule has 0 bridgehead atoms. The van der Waals surface area contributed by atoms with E-state index < -0.39 is 0 Å². The van der Waals surface area contributed by atoms with Crippen LogP contribution in [-0.4, -0.2) is 25.9 Å². The van der Waals surface area contributed by atoms with E-state index in [0.717, 1.165) is 18.7 Å². The summed E-state index contributed by atoms with van der Waals surface area (Å²) >= 11 is 0. The molecule has 2 aliphatic rings. The zero-order chi connectivity index (χ0) is 9.80. The van der Waals surface area contributed by atoms with E-state index in [1.165, 1.54) is 11.1 Å². The number of hydrogen-bond acceptors (Lipinski definition) is 3. The molecule has 0 saturated heterocycles. The molecule has 0 aromatic carbocycles.